The maximum Gasteiger partial charge on any atom is 0.142 e. The highest BCUT2D eigenvalue weighted by Gasteiger charge is 2.03. The van der Waals surface area contributed by atoms with Gasteiger partial charge < -0.3 is 0 Å². The largest absolute Gasteiger partial charge is 0.299 e. The van der Waals surface area contributed by atoms with Gasteiger partial charge in [0, 0.05) is 4.88 Å². The lowest BCUT2D eigenvalue weighted by Crippen LogP contribution is -1.84. The minimum absolute atomic E-state index is 0.863. The van der Waals surface area contributed by atoms with Crippen LogP contribution in [0.5, 0.6) is 0 Å². The lowest BCUT2D eigenvalue weighted by Gasteiger charge is -1.99. The first-order chi connectivity index (χ1) is 7.81. The fourth-order valence-corrected chi connectivity index (χ4v) is 2.76. The fraction of sp³-hybridized carbons (Fsp3) is 0.214. The first kappa shape index (κ1) is 11.1. The summed E-state index contributed by atoms with van der Waals surface area (Å²) < 4.78 is 0. The molecule has 1 aromatic heterocycles. The number of hydrogen-bond donors (Lipinski definition) is 0. The molecule has 0 unspecified atom stereocenters. The van der Waals surface area contributed by atoms with E-state index in [1.165, 1.54) is 15.6 Å². The zero-order valence-corrected chi connectivity index (χ0v) is 10.1. The second kappa shape index (κ2) is 5.08. The highest BCUT2D eigenvalue weighted by molar-refractivity contribution is 7.11. The van der Waals surface area contributed by atoms with Crippen LogP contribution in [-0.2, 0) is 11.2 Å². The van der Waals surface area contributed by atoms with Gasteiger partial charge in [-0.15, -0.1) is 11.3 Å². The number of aryl methyl sites for hydroxylation is 1. The summed E-state index contributed by atoms with van der Waals surface area (Å²) in [6.07, 6.45) is 4.50. The smallest absolute Gasteiger partial charge is 0.142 e. The molecule has 0 saturated heterocycles. The molecule has 0 bridgehead atoms. The molecule has 0 aliphatic heterocycles. The van der Waals surface area contributed by atoms with Crippen LogP contribution in [0.1, 0.15) is 18.2 Å². The normalized spacial score (nSPS) is 11.9. The van der Waals surface area contributed by atoms with Crippen molar-refractivity contribution in [1.29, 1.82) is 0 Å². The van der Waals surface area contributed by atoms with E-state index in [4.69, 9.17) is 0 Å². The molecule has 1 aromatic carbocycles. The van der Waals surface area contributed by atoms with E-state index in [1.807, 2.05) is 18.3 Å². The molecule has 0 N–H and O–H groups in total. The van der Waals surface area contributed by atoms with Crippen molar-refractivity contribution >= 4 is 28.4 Å². The molecule has 0 aliphatic rings. The zero-order valence-electron chi connectivity index (χ0n) is 9.27. The third-order valence-corrected chi connectivity index (χ3v) is 3.77. The van der Waals surface area contributed by atoms with E-state index in [0.717, 1.165) is 24.7 Å². The third-order valence-electron chi connectivity index (χ3n) is 2.69. The molecule has 0 amide bonds. The molecular formula is C14H14OS. The predicted molar refractivity (Wildman–Crippen MR) is 70.0 cm³/mol. The van der Waals surface area contributed by atoms with Crippen LogP contribution >= 0.6 is 11.3 Å². The Hall–Kier alpha value is -1.41. The van der Waals surface area contributed by atoms with Gasteiger partial charge in [0.25, 0.3) is 0 Å². The van der Waals surface area contributed by atoms with Crippen LogP contribution in [0.25, 0.3) is 10.8 Å². The first-order valence-corrected chi connectivity index (χ1v) is 6.25. The standard InChI is InChI=1S/C14H14OS/c1-11(8-9-15)6-7-14-13-5-3-2-4-12(13)10-16-14/h2-5,8-10H,6-7H2,1H3/b11-8+. The van der Waals surface area contributed by atoms with E-state index in [0.29, 0.717) is 0 Å². The maximum atomic E-state index is 10.3. The van der Waals surface area contributed by atoms with Gasteiger partial charge in [-0.05, 0) is 42.0 Å². The molecule has 0 aliphatic carbocycles. The van der Waals surface area contributed by atoms with Crippen molar-refractivity contribution in [3.05, 3.63) is 46.2 Å². The van der Waals surface area contributed by atoms with Crippen LogP contribution < -0.4 is 0 Å². The molecule has 0 atom stereocenters. The summed E-state index contributed by atoms with van der Waals surface area (Å²) in [5, 5.41) is 4.87. The summed E-state index contributed by atoms with van der Waals surface area (Å²) >= 11 is 1.81. The van der Waals surface area contributed by atoms with Crippen LogP contribution in [0.3, 0.4) is 0 Å². The molecule has 1 heterocycles. The number of carbonyl (C=O) groups excluding carboxylic acids is 1. The van der Waals surface area contributed by atoms with E-state index in [-0.39, 0.29) is 0 Å². The molecule has 0 saturated carbocycles. The Kier molecular flexibility index (Phi) is 3.52. The van der Waals surface area contributed by atoms with Gasteiger partial charge in [0.1, 0.15) is 6.29 Å². The number of aldehydes is 1. The highest BCUT2D eigenvalue weighted by Crippen LogP contribution is 2.27. The second-order valence-electron chi connectivity index (χ2n) is 3.90. The molecule has 1 nitrogen and oxygen atoms in total. The van der Waals surface area contributed by atoms with Crippen molar-refractivity contribution < 1.29 is 4.79 Å². The zero-order chi connectivity index (χ0) is 11.4. The predicted octanol–water partition coefficient (Wildman–Crippen LogP) is 3.98. The van der Waals surface area contributed by atoms with Crippen molar-refractivity contribution in [2.45, 2.75) is 19.8 Å². The summed E-state index contributed by atoms with van der Waals surface area (Å²) in [6.45, 7) is 2.00. The van der Waals surface area contributed by atoms with E-state index in [9.17, 15) is 4.79 Å². The van der Waals surface area contributed by atoms with Crippen LogP contribution in [0, 0.1) is 0 Å². The minimum atomic E-state index is 0.863. The number of allylic oxidation sites excluding steroid dienone is 2. The van der Waals surface area contributed by atoms with Crippen molar-refractivity contribution in [3.63, 3.8) is 0 Å². The van der Waals surface area contributed by atoms with Crippen LogP contribution in [-0.4, -0.2) is 6.29 Å². The van der Waals surface area contributed by atoms with E-state index in [2.05, 4.69) is 29.6 Å². The highest BCUT2D eigenvalue weighted by atomic mass is 32.1. The number of fused-ring (bicyclic) bond motifs is 1. The van der Waals surface area contributed by atoms with Crippen molar-refractivity contribution in [1.82, 2.24) is 0 Å². The van der Waals surface area contributed by atoms with Crippen LogP contribution in [0.2, 0.25) is 0 Å². The van der Waals surface area contributed by atoms with E-state index >= 15 is 0 Å². The van der Waals surface area contributed by atoms with Crippen LogP contribution in [0.4, 0.5) is 0 Å². The molecular weight excluding hydrogens is 216 g/mol. The lowest BCUT2D eigenvalue weighted by molar-refractivity contribution is -0.104. The summed E-state index contributed by atoms with van der Waals surface area (Å²) in [5.74, 6) is 0. The molecule has 2 rings (SSSR count). The van der Waals surface area contributed by atoms with Crippen molar-refractivity contribution in [2.24, 2.45) is 0 Å². The number of hydrogen-bond acceptors (Lipinski definition) is 2. The average molecular weight is 230 g/mol. The monoisotopic (exact) mass is 230 g/mol. The second-order valence-corrected chi connectivity index (χ2v) is 4.86. The Morgan fingerprint density at radius 1 is 1.38 bits per heavy atom. The van der Waals surface area contributed by atoms with Gasteiger partial charge in [-0.3, -0.25) is 4.79 Å². The van der Waals surface area contributed by atoms with Gasteiger partial charge in [-0.25, -0.2) is 0 Å². The lowest BCUT2D eigenvalue weighted by atomic mass is 10.1. The summed E-state index contributed by atoms with van der Waals surface area (Å²) in [7, 11) is 0. The number of benzene rings is 1. The SMILES string of the molecule is C/C(=C\C=O)CCc1scc2ccccc12. The fourth-order valence-electron chi connectivity index (χ4n) is 1.76. The van der Waals surface area contributed by atoms with Gasteiger partial charge in [-0.2, -0.15) is 0 Å². The number of thiophene rings is 1. The molecule has 0 spiro atoms. The van der Waals surface area contributed by atoms with Gasteiger partial charge >= 0.3 is 0 Å². The van der Waals surface area contributed by atoms with Gasteiger partial charge in [-0.1, -0.05) is 29.8 Å². The number of rotatable bonds is 4. The molecule has 2 aromatic rings. The Balaban J connectivity index is 2.16. The Morgan fingerprint density at radius 3 is 3.00 bits per heavy atom. The summed E-state index contributed by atoms with van der Waals surface area (Å²) in [5.41, 5.74) is 1.15. The quantitative estimate of drug-likeness (QED) is 0.573. The topological polar surface area (TPSA) is 17.1 Å². The van der Waals surface area contributed by atoms with Gasteiger partial charge in [0.2, 0.25) is 0 Å². The van der Waals surface area contributed by atoms with Crippen LogP contribution in [0.15, 0.2) is 41.3 Å². The number of carbonyl (C=O) groups is 1. The minimum Gasteiger partial charge on any atom is -0.299 e. The molecule has 16 heavy (non-hydrogen) atoms. The molecule has 2 heteroatoms. The van der Waals surface area contributed by atoms with E-state index < -0.39 is 0 Å². The first-order valence-electron chi connectivity index (χ1n) is 5.37. The third kappa shape index (κ3) is 2.39. The average Bonchev–Trinajstić information content (AvgIpc) is 2.70. The molecule has 82 valence electrons. The van der Waals surface area contributed by atoms with Gasteiger partial charge in [0.15, 0.2) is 0 Å². The Morgan fingerprint density at radius 2 is 2.19 bits per heavy atom. The summed E-state index contributed by atoms with van der Waals surface area (Å²) in [6, 6.07) is 8.45. The van der Waals surface area contributed by atoms with E-state index in [1.54, 1.807) is 6.08 Å². The maximum absolute atomic E-state index is 10.3. The summed E-state index contributed by atoms with van der Waals surface area (Å²) in [4.78, 5) is 11.7. The van der Waals surface area contributed by atoms with Gasteiger partial charge in [0.05, 0.1) is 0 Å². The van der Waals surface area contributed by atoms with Crippen molar-refractivity contribution in [2.75, 3.05) is 0 Å². The van der Waals surface area contributed by atoms with Crippen molar-refractivity contribution in [3.8, 4) is 0 Å². The Labute approximate surface area is 99.4 Å². The molecule has 0 fully saturated rings. The molecule has 0 radical (unpaired) electrons. The Bertz CT molecular complexity index is 522.